The van der Waals surface area contributed by atoms with Gasteiger partial charge in [-0.15, -0.1) is 0 Å². The smallest absolute Gasteiger partial charge is 0.128 e. The summed E-state index contributed by atoms with van der Waals surface area (Å²) in [6.45, 7) is 2.97. The number of rotatable bonds is 12. The summed E-state index contributed by atoms with van der Waals surface area (Å²) >= 11 is 0. The molecule has 0 fully saturated rings. The summed E-state index contributed by atoms with van der Waals surface area (Å²) in [5.74, 6) is 0.965. The minimum atomic E-state index is -0.634. The van der Waals surface area contributed by atoms with E-state index in [0.29, 0.717) is 6.61 Å². The highest BCUT2D eigenvalue weighted by Gasteiger charge is 2.48. The van der Waals surface area contributed by atoms with E-state index in [1.807, 2.05) is 0 Å². The van der Waals surface area contributed by atoms with Crippen molar-refractivity contribution in [3.63, 3.8) is 0 Å². The van der Waals surface area contributed by atoms with Crippen LogP contribution in [0.3, 0.4) is 0 Å². The second-order valence-corrected chi connectivity index (χ2v) is 18.7. The Labute approximate surface area is 386 Å². The molecule has 0 spiro atoms. The zero-order valence-corrected chi connectivity index (χ0v) is 37.4. The Hall–Kier alpha value is -7.48. The van der Waals surface area contributed by atoms with E-state index in [-0.39, 0.29) is 0 Å². The SMILES string of the molecule is CCCCCCCCOc1cc(-c2ccc3ccc4cccc5ccc2c3c45)cc2c1-c1ccc(-c3ccc4ccc5cccc6ccc3c4c56)cc1C2(c1ccccc1)c1ccccc1. The van der Waals surface area contributed by atoms with Gasteiger partial charge in [0.05, 0.1) is 12.0 Å². The van der Waals surface area contributed by atoms with Crippen LogP contribution in [0, 0.1) is 0 Å². The predicted octanol–water partition coefficient (Wildman–Crippen LogP) is 17.9. The molecule has 66 heavy (non-hydrogen) atoms. The van der Waals surface area contributed by atoms with E-state index in [9.17, 15) is 0 Å². The first kappa shape index (κ1) is 38.9. The first-order valence-electron chi connectivity index (χ1n) is 24.1. The molecule has 0 saturated heterocycles. The third-order valence-corrected chi connectivity index (χ3v) is 15.0. The molecule has 316 valence electrons. The Bertz CT molecular complexity index is 3700. The Balaban J connectivity index is 1.08. The Morgan fingerprint density at radius 2 is 0.833 bits per heavy atom. The maximum Gasteiger partial charge on any atom is 0.128 e. The average Bonchev–Trinajstić information content (AvgIpc) is 3.67. The number of hydrogen-bond donors (Lipinski definition) is 0. The van der Waals surface area contributed by atoms with Gasteiger partial charge in [-0.25, -0.2) is 0 Å². The topological polar surface area (TPSA) is 9.23 Å². The Kier molecular flexibility index (Phi) is 9.20. The number of unbranched alkanes of at least 4 members (excludes halogenated alkanes) is 5. The fraction of sp³-hybridized carbons (Fsp3) is 0.138. The first-order valence-corrected chi connectivity index (χ1v) is 24.1. The summed E-state index contributed by atoms with van der Waals surface area (Å²) in [5, 5.41) is 15.6. The molecule has 0 atom stereocenters. The van der Waals surface area contributed by atoms with Gasteiger partial charge in [-0.3, -0.25) is 0 Å². The fourth-order valence-electron chi connectivity index (χ4n) is 12.0. The van der Waals surface area contributed by atoms with Crippen LogP contribution in [-0.4, -0.2) is 6.61 Å². The van der Waals surface area contributed by atoms with E-state index in [1.54, 1.807) is 0 Å². The first-order chi connectivity index (χ1) is 32.7. The largest absolute Gasteiger partial charge is 0.493 e. The highest BCUT2D eigenvalue weighted by molar-refractivity contribution is 6.27. The van der Waals surface area contributed by atoms with Crippen molar-refractivity contribution in [3.05, 3.63) is 222 Å². The van der Waals surface area contributed by atoms with Gasteiger partial charge in [0.25, 0.3) is 0 Å². The summed E-state index contributed by atoms with van der Waals surface area (Å²) in [6, 6.07) is 75.8. The molecule has 0 N–H and O–H groups in total. The molecular weight excluding hydrogens is 797 g/mol. The second-order valence-electron chi connectivity index (χ2n) is 18.7. The summed E-state index contributed by atoms with van der Waals surface area (Å²) in [6.07, 6.45) is 7.29. The molecule has 12 aromatic rings. The van der Waals surface area contributed by atoms with Gasteiger partial charge < -0.3 is 4.74 Å². The van der Waals surface area contributed by atoms with Crippen molar-refractivity contribution in [1.82, 2.24) is 0 Å². The van der Waals surface area contributed by atoms with Crippen LogP contribution in [0.25, 0.3) is 98.0 Å². The van der Waals surface area contributed by atoms with Crippen LogP contribution in [0.5, 0.6) is 5.75 Å². The summed E-state index contributed by atoms with van der Waals surface area (Å²) in [7, 11) is 0. The monoisotopic (exact) mass is 846 g/mol. The summed E-state index contributed by atoms with van der Waals surface area (Å²) in [4.78, 5) is 0. The van der Waals surface area contributed by atoms with Gasteiger partial charge in [-0.05, 0) is 139 Å². The average molecular weight is 847 g/mol. The lowest BCUT2D eigenvalue weighted by molar-refractivity contribution is 0.305. The van der Waals surface area contributed by atoms with Crippen LogP contribution in [0.1, 0.15) is 67.7 Å². The van der Waals surface area contributed by atoms with Crippen LogP contribution in [-0.2, 0) is 5.41 Å². The lowest BCUT2D eigenvalue weighted by Gasteiger charge is -2.34. The molecule has 0 unspecified atom stereocenters. The third kappa shape index (κ3) is 5.85. The van der Waals surface area contributed by atoms with Crippen LogP contribution in [0.15, 0.2) is 200 Å². The normalized spacial score (nSPS) is 13.2. The Morgan fingerprint density at radius 3 is 1.41 bits per heavy atom. The molecule has 0 bridgehead atoms. The quantitative estimate of drug-likeness (QED) is 0.0879. The van der Waals surface area contributed by atoms with E-state index < -0.39 is 5.41 Å². The molecule has 13 rings (SSSR count). The molecule has 0 aliphatic heterocycles. The van der Waals surface area contributed by atoms with Gasteiger partial charge in [0.1, 0.15) is 5.75 Å². The van der Waals surface area contributed by atoms with Crippen LogP contribution < -0.4 is 4.74 Å². The van der Waals surface area contributed by atoms with Crippen molar-refractivity contribution in [2.45, 2.75) is 50.9 Å². The predicted molar refractivity (Wildman–Crippen MR) is 281 cm³/mol. The summed E-state index contributed by atoms with van der Waals surface area (Å²) < 4.78 is 7.20. The molecule has 0 amide bonds. The van der Waals surface area contributed by atoms with E-state index in [0.717, 1.165) is 12.2 Å². The van der Waals surface area contributed by atoms with Crippen LogP contribution >= 0.6 is 0 Å². The van der Waals surface area contributed by atoms with E-state index >= 15 is 0 Å². The van der Waals surface area contributed by atoms with E-state index in [1.165, 1.54) is 152 Å². The molecule has 0 heterocycles. The van der Waals surface area contributed by atoms with Gasteiger partial charge in [0.15, 0.2) is 0 Å². The van der Waals surface area contributed by atoms with Gasteiger partial charge in [-0.2, -0.15) is 0 Å². The van der Waals surface area contributed by atoms with Crippen LogP contribution in [0.2, 0.25) is 0 Å². The summed E-state index contributed by atoms with van der Waals surface area (Å²) in [5.41, 5.74) is 11.7. The highest BCUT2D eigenvalue weighted by Crippen LogP contribution is 2.60. The molecule has 1 nitrogen and oxygen atoms in total. The van der Waals surface area contributed by atoms with Crippen molar-refractivity contribution >= 4 is 64.6 Å². The zero-order chi connectivity index (χ0) is 43.8. The van der Waals surface area contributed by atoms with Gasteiger partial charge in [0.2, 0.25) is 0 Å². The van der Waals surface area contributed by atoms with Gasteiger partial charge in [-0.1, -0.05) is 221 Å². The van der Waals surface area contributed by atoms with Crippen molar-refractivity contribution in [2.24, 2.45) is 0 Å². The number of benzene rings is 12. The second kappa shape index (κ2) is 15.6. The minimum Gasteiger partial charge on any atom is -0.493 e. The fourth-order valence-corrected chi connectivity index (χ4v) is 12.0. The number of fused-ring (bicyclic) bond motifs is 3. The molecule has 0 saturated carbocycles. The molecular formula is C65H50O. The molecule has 0 radical (unpaired) electrons. The number of ether oxygens (including phenoxy) is 1. The molecule has 1 aliphatic carbocycles. The third-order valence-electron chi connectivity index (χ3n) is 15.0. The van der Waals surface area contributed by atoms with Crippen molar-refractivity contribution in [1.29, 1.82) is 0 Å². The maximum atomic E-state index is 7.20. The molecule has 12 aromatic carbocycles. The van der Waals surface area contributed by atoms with E-state index in [4.69, 9.17) is 4.74 Å². The van der Waals surface area contributed by atoms with E-state index in [2.05, 4.69) is 207 Å². The molecule has 1 aliphatic rings. The molecule has 1 heteroatoms. The maximum absolute atomic E-state index is 7.20. The van der Waals surface area contributed by atoms with Crippen molar-refractivity contribution < 1.29 is 4.74 Å². The highest BCUT2D eigenvalue weighted by atomic mass is 16.5. The number of hydrogen-bond acceptors (Lipinski definition) is 1. The zero-order valence-electron chi connectivity index (χ0n) is 37.4. The van der Waals surface area contributed by atoms with Gasteiger partial charge in [0, 0.05) is 5.56 Å². The van der Waals surface area contributed by atoms with Crippen molar-refractivity contribution in [2.75, 3.05) is 6.61 Å². The van der Waals surface area contributed by atoms with Crippen LogP contribution in [0.4, 0.5) is 0 Å². The standard InChI is InChI=1S/C65H50O/c1-2-3-4-5-6-13-38-66-59-41-49(53-34-29-47-27-25-43-17-15-19-45-31-36-55(53)63(47)61(43)45)40-58-64(59)56-37-32-48(39-57(56)65(58,50-20-9-7-10-21-50)51-22-11-8-12-23-51)52-33-28-46-26-24-42-16-14-18-44-30-35-54(52)62(46)60(42)44/h7-12,14-37,39-41H,2-6,13,38H2,1H3. The van der Waals surface area contributed by atoms with Crippen molar-refractivity contribution in [3.8, 4) is 39.1 Å². The minimum absolute atomic E-state index is 0.634. The van der Waals surface area contributed by atoms with Gasteiger partial charge >= 0.3 is 0 Å². The lowest BCUT2D eigenvalue weighted by Crippen LogP contribution is -2.28. The molecule has 0 aromatic heterocycles. The lowest BCUT2D eigenvalue weighted by atomic mass is 9.67. The Morgan fingerprint density at radius 1 is 0.364 bits per heavy atom.